The van der Waals surface area contributed by atoms with Crippen LogP contribution in [0.4, 0.5) is 0 Å². The van der Waals surface area contributed by atoms with Crippen LogP contribution < -0.4 is 11.2 Å². The van der Waals surface area contributed by atoms with Gasteiger partial charge in [0.2, 0.25) is 5.91 Å². The Morgan fingerprint density at radius 2 is 1.83 bits per heavy atom. The van der Waals surface area contributed by atoms with Gasteiger partial charge in [0.05, 0.1) is 19.5 Å². The molecule has 1 aliphatic carbocycles. The Morgan fingerprint density at radius 1 is 1.06 bits per heavy atom. The molecule has 186 valence electrons. The predicted octanol–water partition coefficient (Wildman–Crippen LogP) is 2.24. The molecule has 1 amide bonds. The number of methoxy groups -OCH3 is 1. The number of aromatic nitrogens is 4. The highest BCUT2D eigenvalue weighted by Crippen LogP contribution is 2.35. The first-order chi connectivity index (χ1) is 17.1. The van der Waals surface area contributed by atoms with Gasteiger partial charge in [-0.2, -0.15) is 0 Å². The zero-order valence-electron chi connectivity index (χ0n) is 20.3. The zero-order chi connectivity index (χ0) is 24.4. The van der Waals surface area contributed by atoms with Crippen LogP contribution in [0.25, 0.3) is 11.2 Å². The van der Waals surface area contributed by atoms with Crippen molar-refractivity contribution >= 4 is 17.1 Å². The number of ether oxygens (including phenoxy) is 1. The second-order valence-electron chi connectivity index (χ2n) is 9.69. The van der Waals surface area contributed by atoms with E-state index in [1.54, 1.807) is 18.0 Å². The number of carbonyl (C=O) groups excluding carboxylic acids is 1. The van der Waals surface area contributed by atoms with Crippen molar-refractivity contribution in [1.82, 2.24) is 23.6 Å². The summed E-state index contributed by atoms with van der Waals surface area (Å²) in [5.74, 6) is 0.387. The van der Waals surface area contributed by atoms with E-state index >= 15 is 0 Å². The molecular formula is C26H33N5O4. The molecule has 2 aliphatic rings. The van der Waals surface area contributed by atoms with Crippen molar-refractivity contribution in [2.24, 2.45) is 5.92 Å². The van der Waals surface area contributed by atoms with Crippen molar-refractivity contribution in [3.8, 4) is 0 Å². The fourth-order valence-electron chi connectivity index (χ4n) is 5.81. The lowest BCUT2D eigenvalue weighted by atomic mass is 9.96. The molecular weight excluding hydrogens is 446 g/mol. The highest BCUT2D eigenvalue weighted by molar-refractivity contribution is 5.77. The van der Waals surface area contributed by atoms with Crippen LogP contribution in [0.2, 0.25) is 0 Å². The number of amides is 1. The van der Waals surface area contributed by atoms with Crippen molar-refractivity contribution in [1.29, 1.82) is 0 Å². The maximum absolute atomic E-state index is 13.6. The Balaban J connectivity index is 1.54. The van der Waals surface area contributed by atoms with Gasteiger partial charge in [-0.15, -0.1) is 0 Å². The molecule has 2 fully saturated rings. The van der Waals surface area contributed by atoms with E-state index in [2.05, 4.69) is 4.98 Å². The smallest absolute Gasteiger partial charge is 0.333 e. The number of nitrogens with zero attached hydrogens (tertiary/aromatic N) is 5. The molecule has 35 heavy (non-hydrogen) atoms. The first-order valence-electron chi connectivity index (χ1n) is 12.6. The van der Waals surface area contributed by atoms with Crippen LogP contribution in [-0.4, -0.2) is 55.8 Å². The minimum atomic E-state index is -0.506. The largest absolute Gasteiger partial charge is 0.383 e. The van der Waals surface area contributed by atoms with E-state index in [4.69, 9.17) is 4.74 Å². The van der Waals surface area contributed by atoms with Gasteiger partial charge in [-0.3, -0.25) is 14.2 Å². The maximum Gasteiger partial charge on any atom is 0.333 e. The molecule has 0 bridgehead atoms. The van der Waals surface area contributed by atoms with Gasteiger partial charge in [0.1, 0.15) is 6.54 Å². The molecule has 5 rings (SSSR count). The van der Waals surface area contributed by atoms with E-state index in [-0.39, 0.29) is 25.0 Å². The van der Waals surface area contributed by atoms with Crippen molar-refractivity contribution in [2.45, 2.75) is 64.2 Å². The molecule has 1 saturated carbocycles. The normalized spacial score (nSPS) is 18.7. The van der Waals surface area contributed by atoms with Crippen LogP contribution in [-0.2, 0) is 29.2 Å². The van der Waals surface area contributed by atoms with Gasteiger partial charge in [-0.05, 0) is 37.2 Å². The predicted molar refractivity (Wildman–Crippen MR) is 132 cm³/mol. The fourth-order valence-corrected chi connectivity index (χ4v) is 5.81. The summed E-state index contributed by atoms with van der Waals surface area (Å²) in [6.45, 7) is 1.54. The number of rotatable bonds is 8. The first-order valence-corrected chi connectivity index (χ1v) is 12.6. The molecule has 0 N–H and O–H groups in total. The maximum atomic E-state index is 13.6. The summed E-state index contributed by atoms with van der Waals surface area (Å²) < 4.78 is 9.50. The molecule has 9 nitrogen and oxygen atoms in total. The van der Waals surface area contributed by atoms with Gasteiger partial charge in [0, 0.05) is 26.2 Å². The third-order valence-electron chi connectivity index (χ3n) is 7.56. The summed E-state index contributed by atoms with van der Waals surface area (Å²) >= 11 is 0. The minimum Gasteiger partial charge on any atom is -0.383 e. The topological polar surface area (TPSA) is 91.4 Å². The molecule has 1 atom stereocenters. The minimum absolute atomic E-state index is 0.146. The second-order valence-corrected chi connectivity index (χ2v) is 9.69. The summed E-state index contributed by atoms with van der Waals surface area (Å²) in [4.78, 5) is 47.0. The Labute approximate surface area is 203 Å². The van der Waals surface area contributed by atoms with Crippen molar-refractivity contribution in [2.75, 3.05) is 20.3 Å². The number of imidazole rings is 1. The molecule has 1 aromatic carbocycles. The van der Waals surface area contributed by atoms with Gasteiger partial charge in [0.15, 0.2) is 11.2 Å². The van der Waals surface area contributed by atoms with E-state index in [9.17, 15) is 14.4 Å². The Bertz CT molecular complexity index is 1300. The number of hydrogen-bond acceptors (Lipinski definition) is 5. The average Bonchev–Trinajstić information content (AvgIpc) is 3.64. The molecule has 3 aromatic rings. The lowest BCUT2D eigenvalue weighted by Gasteiger charge is -2.29. The lowest BCUT2D eigenvalue weighted by Crippen LogP contribution is -2.47. The number of carbonyl (C=O) groups is 1. The quantitative estimate of drug-likeness (QED) is 0.494. The summed E-state index contributed by atoms with van der Waals surface area (Å²) in [6, 6.07) is 9.81. The van der Waals surface area contributed by atoms with Gasteiger partial charge >= 0.3 is 5.69 Å². The monoisotopic (exact) mass is 479 g/mol. The highest BCUT2D eigenvalue weighted by Gasteiger charge is 2.36. The van der Waals surface area contributed by atoms with Gasteiger partial charge in [0.25, 0.3) is 5.56 Å². The molecule has 1 unspecified atom stereocenters. The SMILES string of the molecule is COCCn1cnc2c1c(=O)n(CC(=O)N1CCCC1C1CCCC1)c(=O)n2Cc1ccccc1. The Hall–Kier alpha value is -3.20. The van der Waals surface area contributed by atoms with Crippen LogP contribution in [0.5, 0.6) is 0 Å². The molecule has 0 spiro atoms. The Morgan fingerprint density at radius 3 is 2.57 bits per heavy atom. The lowest BCUT2D eigenvalue weighted by molar-refractivity contribution is -0.133. The third-order valence-corrected chi connectivity index (χ3v) is 7.56. The van der Waals surface area contributed by atoms with Crippen molar-refractivity contribution < 1.29 is 9.53 Å². The average molecular weight is 480 g/mol. The number of likely N-dealkylation sites (tertiary alicyclic amines) is 1. The van der Waals surface area contributed by atoms with Gasteiger partial charge < -0.3 is 14.2 Å². The first kappa shape index (κ1) is 23.5. The molecule has 1 saturated heterocycles. The molecule has 3 heterocycles. The van der Waals surface area contributed by atoms with E-state index in [1.807, 2.05) is 35.2 Å². The summed E-state index contributed by atoms with van der Waals surface area (Å²) in [5.41, 5.74) is 0.577. The molecule has 2 aromatic heterocycles. The van der Waals surface area contributed by atoms with Crippen LogP contribution in [0.1, 0.15) is 44.1 Å². The fraction of sp³-hybridized carbons (Fsp3) is 0.538. The number of hydrogen-bond donors (Lipinski definition) is 0. The molecule has 1 aliphatic heterocycles. The zero-order valence-corrected chi connectivity index (χ0v) is 20.3. The second kappa shape index (κ2) is 10.2. The van der Waals surface area contributed by atoms with E-state index < -0.39 is 11.2 Å². The van der Waals surface area contributed by atoms with Crippen molar-refractivity contribution in [3.63, 3.8) is 0 Å². The van der Waals surface area contributed by atoms with E-state index in [0.717, 1.165) is 35.8 Å². The van der Waals surface area contributed by atoms with E-state index in [0.29, 0.717) is 36.8 Å². The van der Waals surface area contributed by atoms with E-state index in [1.165, 1.54) is 17.4 Å². The summed E-state index contributed by atoms with van der Waals surface area (Å²) in [5, 5.41) is 0. The third kappa shape index (κ3) is 4.57. The van der Waals surface area contributed by atoms with Gasteiger partial charge in [-0.25, -0.2) is 14.3 Å². The van der Waals surface area contributed by atoms with Crippen LogP contribution >= 0.6 is 0 Å². The van der Waals surface area contributed by atoms with Gasteiger partial charge in [-0.1, -0.05) is 43.2 Å². The van der Waals surface area contributed by atoms with Crippen LogP contribution in [0, 0.1) is 5.92 Å². The molecule has 0 radical (unpaired) electrons. The van der Waals surface area contributed by atoms with Crippen LogP contribution in [0.3, 0.4) is 0 Å². The number of fused-ring (bicyclic) bond motifs is 1. The number of benzene rings is 1. The van der Waals surface area contributed by atoms with Crippen LogP contribution in [0.15, 0.2) is 46.2 Å². The summed E-state index contributed by atoms with van der Waals surface area (Å²) in [7, 11) is 1.60. The Kier molecular flexibility index (Phi) is 6.86. The van der Waals surface area contributed by atoms with Crippen molar-refractivity contribution in [3.05, 3.63) is 63.1 Å². The summed E-state index contributed by atoms with van der Waals surface area (Å²) in [6.07, 6.45) is 8.29. The standard InChI is InChI=1S/C26H33N5O4/c1-35-15-14-28-18-27-24-23(28)25(33)31(26(34)30(24)16-19-8-3-2-4-9-19)17-22(32)29-13-7-12-21(29)20-10-5-6-11-20/h2-4,8-9,18,20-21H,5-7,10-17H2,1H3. The molecule has 9 heteroatoms. The highest BCUT2D eigenvalue weighted by atomic mass is 16.5.